The average molecular weight is 621 g/mol. The van der Waals surface area contributed by atoms with Crippen molar-refractivity contribution in [3.8, 4) is 22.3 Å². The van der Waals surface area contributed by atoms with Crippen LogP contribution < -0.4 is 20.2 Å². The van der Waals surface area contributed by atoms with Gasteiger partial charge < -0.3 is 9.80 Å². The van der Waals surface area contributed by atoms with Gasteiger partial charge in [0.05, 0.1) is 0 Å². The Balaban J connectivity index is 1.20. The normalized spacial score (nSPS) is 12.6. The summed E-state index contributed by atoms with van der Waals surface area (Å²) in [4.78, 5) is 4.76. The van der Waals surface area contributed by atoms with E-state index in [4.69, 9.17) is 0 Å². The Labute approximate surface area is 278 Å². The molecule has 0 bridgehead atoms. The summed E-state index contributed by atoms with van der Waals surface area (Å²) in [5.41, 5.74) is 12.2. The van der Waals surface area contributed by atoms with E-state index in [9.17, 15) is 0 Å². The molecule has 8 rings (SSSR count). The number of anilines is 6. The fourth-order valence-electron chi connectivity index (χ4n) is 7.05. The third kappa shape index (κ3) is 5.25. The quantitative estimate of drug-likeness (QED) is 0.164. The second-order valence-corrected chi connectivity index (χ2v) is 17.0. The third-order valence-electron chi connectivity index (χ3n) is 9.44. The van der Waals surface area contributed by atoms with E-state index in [-0.39, 0.29) is 0 Å². The summed E-state index contributed by atoms with van der Waals surface area (Å²) in [5, 5.41) is 2.97. The molecular weight excluding hydrogens is 585 g/mol. The maximum absolute atomic E-state index is 2.50. The topological polar surface area (TPSA) is 6.48 Å². The molecule has 7 aromatic rings. The highest BCUT2D eigenvalue weighted by atomic mass is 28.3. The van der Waals surface area contributed by atoms with Crippen molar-refractivity contribution < 1.29 is 0 Å². The smallest absolute Gasteiger partial charge is 0.114 e. The van der Waals surface area contributed by atoms with Crippen molar-refractivity contribution in [1.29, 1.82) is 0 Å². The van der Waals surface area contributed by atoms with E-state index < -0.39 is 8.07 Å². The third-order valence-corrected chi connectivity index (χ3v) is 13.0. The van der Waals surface area contributed by atoms with Crippen molar-refractivity contribution in [1.82, 2.24) is 0 Å². The van der Waals surface area contributed by atoms with Gasteiger partial charge in [0, 0.05) is 34.1 Å². The molecule has 2 nitrogen and oxygen atoms in total. The molecule has 0 amide bonds. The summed E-state index contributed by atoms with van der Waals surface area (Å²) in [7, 11) is -2.05. The van der Waals surface area contributed by atoms with Crippen LogP contribution in [0, 0.1) is 0 Å². The maximum atomic E-state index is 2.50. The largest absolute Gasteiger partial charge is 0.311 e. The van der Waals surface area contributed by atoms with Crippen molar-refractivity contribution >= 4 is 52.6 Å². The van der Waals surface area contributed by atoms with Gasteiger partial charge in [0.15, 0.2) is 0 Å². The van der Waals surface area contributed by atoms with Crippen molar-refractivity contribution in [3.63, 3.8) is 0 Å². The molecule has 0 fully saturated rings. The van der Waals surface area contributed by atoms with Crippen molar-refractivity contribution in [3.05, 3.63) is 182 Å². The second-order valence-electron chi connectivity index (χ2n) is 12.7. The summed E-state index contributed by atoms with van der Waals surface area (Å²) in [5.74, 6) is 0. The van der Waals surface area contributed by atoms with Crippen LogP contribution in [-0.2, 0) is 0 Å². The highest BCUT2D eigenvalue weighted by Gasteiger charge is 2.38. The first-order valence-corrected chi connectivity index (χ1v) is 19.3. The molecule has 226 valence electrons. The first-order chi connectivity index (χ1) is 23.1. The van der Waals surface area contributed by atoms with Crippen LogP contribution in [0.3, 0.4) is 0 Å². The SMILES string of the molecule is C[Si]1(C)c2cc(N(c3ccccc3)c3ccccc3)ccc2-c2ccc(N(c3ccccc3)c3ccc(-c4ccccc4)cc3)cc21. The van der Waals surface area contributed by atoms with E-state index in [1.807, 2.05) is 0 Å². The zero-order chi connectivity index (χ0) is 31.8. The standard InChI is InChI=1S/C44H36N2Si/c1-47(2)43-31-39(45(35-17-9-4-10-18-35)36-19-11-5-12-20-36)27-29-41(43)42-30-28-40(32-44(42)47)46(37-21-13-6-14-22-37)38-25-23-34(24-26-38)33-15-7-3-8-16-33/h3-32H,1-2H3. The predicted molar refractivity (Wildman–Crippen MR) is 203 cm³/mol. The molecule has 0 unspecified atom stereocenters. The number of rotatable bonds is 7. The Morgan fingerprint density at radius 1 is 0.319 bits per heavy atom. The lowest BCUT2D eigenvalue weighted by atomic mass is 10.0. The Hall–Kier alpha value is -5.64. The minimum absolute atomic E-state index is 1.15. The first-order valence-electron chi connectivity index (χ1n) is 16.3. The molecular formula is C44H36N2Si. The van der Waals surface area contributed by atoms with Gasteiger partial charge in [-0.3, -0.25) is 0 Å². The van der Waals surface area contributed by atoms with E-state index in [0.717, 1.165) is 22.7 Å². The van der Waals surface area contributed by atoms with Gasteiger partial charge >= 0.3 is 0 Å². The van der Waals surface area contributed by atoms with E-state index in [0.29, 0.717) is 0 Å². The minimum Gasteiger partial charge on any atom is -0.311 e. The van der Waals surface area contributed by atoms with Crippen LogP contribution in [0.1, 0.15) is 0 Å². The van der Waals surface area contributed by atoms with E-state index in [1.54, 1.807) is 0 Å². The van der Waals surface area contributed by atoms with E-state index >= 15 is 0 Å². The van der Waals surface area contributed by atoms with Gasteiger partial charge in [0.2, 0.25) is 0 Å². The predicted octanol–water partition coefficient (Wildman–Crippen LogP) is 11.1. The van der Waals surface area contributed by atoms with Gasteiger partial charge in [-0.1, -0.05) is 122 Å². The van der Waals surface area contributed by atoms with Gasteiger partial charge in [-0.05, 0) is 105 Å². The molecule has 7 aromatic carbocycles. The molecule has 1 heterocycles. The molecule has 0 aromatic heterocycles. The molecule has 0 saturated carbocycles. The van der Waals surface area contributed by atoms with Crippen molar-refractivity contribution in [2.24, 2.45) is 0 Å². The zero-order valence-corrected chi connectivity index (χ0v) is 27.7. The van der Waals surface area contributed by atoms with Crippen molar-refractivity contribution in [2.45, 2.75) is 13.1 Å². The average Bonchev–Trinajstić information content (AvgIpc) is 3.36. The van der Waals surface area contributed by atoms with Crippen LogP contribution >= 0.6 is 0 Å². The molecule has 47 heavy (non-hydrogen) atoms. The summed E-state index contributed by atoms with van der Waals surface area (Å²) in [6, 6.07) is 65.8. The molecule has 0 saturated heterocycles. The lowest BCUT2D eigenvalue weighted by molar-refractivity contribution is 1.29. The number of nitrogens with zero attached hydrogens (tertiary/aromatic N) is 2. The van der Waals surface area contributed by atoms with Gasteiger partial charge in [0.1, 0.15) is 8.07 Å². The second kappa shape index (κ2) is 11.9. The molecule has 1 aliphatic heterocycles. The number of hydrogen-bond donors (Lipinski definition) is 0. The van der Waals surface area contributed by atoms with E-state index in [1.165, 1.54) is 44.0 Å². The first kappa shape index (κ1) is 28.8. The van der Waals surface area contributed by atoms with Gasteiger partial charge in [0.25, 0.3) is 0 Å². The minimum atomic E-state index is -2.05. The van der Waals surface area contributed by atoms with Gasteiger partial charge in [-0.25, -0.2) is 0 Å². The Morgan fingerprint density at radius 3 is 1.04 bits per heavy atom. The lowest BCUT2D eigenvalue weighted by Gasteiger charge is -2.28. The summed E-state index contributed by atoms with van der Waals surface area (Å²) < 4.78 is 0. The Kier molecular flexibility index (Phi) is 7.32. The summed E-state index contributed by atoms with van der Waals surface area (Å²) in [6.45, 7) is 5.00. The highest BCUT2D eigenvalue weighted by Crippen LogP contribution is 2.40. The van der Waals surface area contributed by atoms with Gasteiger partial charge in [-0.15, -0.1) is 0 Å². The van der Waals surface area contributed by atoms with Crippen molar-refractivity contribution in [2.75, 3.05) is 9.80 Å². The zero-order valence-electron chi connectivity index (χ0n) is 26.7. The monoisotopic (exact) mass is 620 g/mol. The number of hydrogen-bond acceptors (Lipinski definition) is 2. The molecule has 0 atom stereocenters. The molecule has 0 aliphatic carbocycles. The number of fused-ring (bicyclic) bond motifs is 3. The molecule has 1 aliphatic rings. The molecule has 0 N–H and O–H groups in total. The summed E-state index contributed by atoms with van der Waals surface area (Å²) in [6.07, 6.45) is 0. The van der Waals surface area contributed by atoms with Crippen LogP contribution in [0.5, 0.6) is 0 Å². The Bertz CT molecular complexity index is 2100. The van der Waals surface area contributed by atoms with Crippen LogP contribution in [0.4, 0.5) is 34.1 Å². The lowest BCUT2D eigenvalue weighted by Crippen LogP contribution is -2.49. The van der Waals surface area contributed by atoms with Crippen LogP contribution in [0.25, 0.3) is 22.3 Å². The number of para-hydroxylation sites is 3. The van der Waals surface area contributed by atoms with Crippen LogP contribution in [0.2, 0.25) is 13.1 Å². The number of benzene rings is 7. The van der Waals surface area contributed by atoms with Crippen LogP contribution in [0.15, 0.2) is 182 Å². The molecule has 3 heteroatoms. The molecule has 0 spiro atoms. The fraction of sp³-hybridized carbons (Fsp3) is 0.0455. The summed E-state index contributed by atoms with van der Waals surface area (Å²) >= 11 is 0. The van der Waals surface area contributed by atoms with Crippen LogP contribution in [-0.4, -0.2) is 8.07 Å². The Morgan fingerprint density at radius 2 is 0.638 bits per heavy atom. The van der Waals surface area contributed by atoms with E-state index in [2.05, 4.69) is 205 Å². The fourth-order valence-corrected chi connectivity index (χ4v) is 10.1. The molecule has 0 radical (unpaired) electrons. The highest BCUT2D eigenvalue weighted by molar-refractivity contribution is 7.04. The van der Waals surface area contributed by atoms with Gasteiger partial charge in [-0.2, -0.15) is 0 Å². The maximum Gasteiger partial charge on any atom is 0.114 e.